The van der Waals surface area contributed by atoms with Gasteiger partial charge in [-0.3, -0.25) is 9.59 Å². The van der Waals surface area contributed by atoms with Crippen molar-refractivity contribution in [2.24, 2.45) is 0 Å². The average molecular weight is 527 g/mol. The normalized spacial score (nSPS) is 16.1. The molecule has 3 aromatic carbocycles. The molecule has 5 nitrogen and oxygen atoms in total. The first-order valence-electron chi connectivity index (χ1n) is 11.9. The maximum absolute atomic E-state index is 14.1. The number of thioether (sulfide) groups is 1. The number of likely N-dealkylation sites (tertiary alicyclic amines) is 1. The molecule has 0 aliphatic carbocycles. The van der Waals surface area contributed by atoms with Gasteiger partial charge in [-0.2, -0.15) is 0 Å². The van der Waals surface area contributed by atoms with Crippen molar-refractivity contribution < 1.29 is 27.5 Å². The zero-order chi connectivity index (χ0) is 26.2. The Balaban J connectivity index is 1.29. The monoisotopic (exact) mass is 526 g/mol. The summed E-state index contributed by atoms with van der Waals surface area (Å²) in [6, 6.07) is 15.3. The van der Waals surface area contributed by atoms with Gasteiger partial charge in [0.2, 0.25) is 5.91 Å². The van der Waals surface area contributed by atoms with E-state index in [1.807, 2.05) is 24.3 Å². The Hall–Kier alpha value is -3.46. The zero-order valence-electron chi connectivity index (χ0n) is 20.2. The van der Waals surface area contributed by atoms with Crippen molar-refractivity contribution in [3.63, 3.8) is 0 Å². The summed E-state index contributed by atoms with van der Waals surface area (Å²) >= 11 is 1.04. The van der Waals surface area contributed by atoms with E-state index in [1.165, 1.54) is 31.4 Å². The fraction of sp³-hybridized carbons (Fsp3) is 0.286. The molecule has 0 N–H and O–H groups in total. The fourth-order valence-electron chi connectivity index (χ4n) is 5.21. The first-order valence-corrected chi connectivity index (χ1v) is 12.9. The third kappa shape index (κ3) is 4.80. The lowest BCUT2D eigenvalue weighted by Crippen LogP contribution is -2.48. The number of carbonyl (C=O) groups excluding carboxylic acids is 2. The number of piperidine rings is 1. The Morgan fingerprint density at radius 3 is 2.43 bits per heavy atom. The van der Waals surface area contributed by atoms with E-state index in [2.05, 4.69) is 0 Å². The van der Waals surface area contributed by atoms with Crippen molar-refractivity contribution in [2.75, 3.05) is 37.4 Å². The number of anilines is 1. The number of halogens is 3. The van der Waals surface area contributed by atoms with Crippen molar-refractivity contribution in [1.82, 2.24) is 4.90 Å². The van der Waals surface area contributed by atoms with Gasteiger partial charge in [0.1, 0.15) is 11.6 Å². The highest BCUT2D eigenvalue weighted by molar-refractivity contribution is 8.00. The van der Waals surface area contributed by atoms with Crippen LogP contribution < -0.4 is 9.64 Å². The number of hydrogen-bond acceptors (Lipinski definition) is 4. The number of ether oxygens (including phenoxy) is 1. The Labute approximate surface area is 217 Å². The van der Waals surface area contributed by atoms with Crippen LogP contribution in [0.1, 0.15) is 28.8 Å². The second-order valence-electron chi connectivity index (χ2n) is 9.28. The SMILES string of the molecule is COc1ccc(C(=O)N2CCC3(CC2)CN(C(=O)CSc2ccc(F)cc2F)c2ccccc23)cc1F. The lowest BCUT2D eigenvalue weighted by atomic mass is 9.74. The Kier molecular flexibility index (Phi) is 6.90. The van der Waals surface area contributed by atoms with Crippen LogP contribution in [0.25, 0.3) is 0 Å². The Morgan fingerprint density at radius 1 is 0.973 bits per heavy atom. The van der Waals surface area contributed by atoms with Crippen LogP contribution in [-0.2, 0) is 10.2 Å². The van der Waals surface area contributed by atoms with E-state index in [0.717, 1.165) is 29.1 Å². The number of fused-ring (bicyclic) bond motifs is 2. The molecule has 0 aromatic heterocycles. The zero-order valence-corrected chi connectivity index (χ0v) is 21.0. The van der Waals surface area contributed by atoms with Crippen LogP contribution in [0.4, 0.5) is 18.9 Å². The maximum Gasteiger partial charge on any atom is 0.253 e. The van der Waals surface area contributed by atoms with Gasteiger partial charge in [-0.15, -0.1) is 11.8 Å². The first-order chi connectivity index (χ1) is 17.8. The molecule has 2 aliphatic rings. The first kappa shape index (κ1) is 25.2. The molecule has 2 amide bonds. The molecule has 1 fully saturated rings. The van der Waals surface area contributed by atoms with E-state index in [-0.39, 0.29) is 39.2 Å². The van der Waals surface area contributed by atoms with E-state index >= 15 is 0 Å². The number of rotatable bonds is 5. The molecule has 2 aliphatic heterocycles. The number of para-hydroxylation sites is 1. The van der Waals surface area contributed by atoms with Crippen LogP contribution >= 0.6 is 11.8 Å². The Bertz CT molecular complexity index is 1360. The predicted octanol–water partition coefficient (Wildman–Crippen LogP) is 5.43. The summed E-state index contributed by atoms with van der Waals surface area (Å²) in [6.07, 6.45) is 1.30. The molecule has 0 bridgehead atoms. The molecule has 5 rings (SSSR count). The van der Waals surface area contributed by atoms with Gasteiger partial charge in [-0.05, 0) is 54.8 Å². The summed E-state index contributed by atoms with van der Waals surface area (Å²) in [6.45, 7) is 1.41. The molecule has 9 heteroatoms. The minimum Gasteiger partial charge on any atom is -0.494 e. The highest BCUT2D eigenvalue weighted by Crippen LogP contribution is 2.47. The molecule has 1 saturated heterocycles. The summed E-state index contributed by atoms with van der Waals surface area (Å²) in [5.74, 6) is -2.24. The minimum absolute atomic E-state index is 0.0145. The second kappa shape index (κ2) is 10.1. The number of methoxy groups -OCH3 is 1. The maximum atomic E-state index is 14.1. The number of nitrogens with zero attached hydrogens (tertiary/aromatic N) is 2. The van der Waals surface area contributed by atoms with Gasteiger partial charge in [-0.25, -0.2) is 13.2 Å². The van der Waals surface area contributed by atoms with Crippen LogP contribution in [0.15, 0.2) is 65.6 Å². The van der Waals surface area contributed by atoms with E-state index in [1.54, 1.807) is 15.9 Å². The molecule has 0 saturated carbocycles. The molecule has 37 heavy (non-hydrogen) atoms. The van der Waals surface area contributed by atoms with E-state index in [9.17, 15) is 22.8 Å². The van der Waals surface area contributed by atoms with Crippen molar-refractivity contribution in [3.05, 3.63) is 89.2 Å². The molecule has 2 heterocycles. The topological polar surface area (TPSA) is 49.9 Å². The molecule has 0 atom stereocenters. The van der Waals surface area contributed by atoms with Crippen LogP contribution in [0, 0.1) is 17.5 Å². The van der Waals surface area contributed by atoms with Gasteiger partial charge in [0.15, 0.2) is 11.6 Å². The third-order valence-electron chi connectivity index (χ3n) is 7.18. The van der Waals surface area contributed by atoms with E-state index in [4.69, 9.17) is 4.74 Å². The summed E-state index contributed by atoms with van der Waals surface area (Å²) in [7, 11) is 1.37. The lowest BCUT2D eigenvalue weighted by molar-refractivity contribution is -0.116. The predicted molar refractivity (Wildman–Crippen MR) is 136 cm³/mol. The lowest BCUT2D eigenvalue weighted by Gasteiger charge is -2.40. The molecule has 3 aromatic rings. The molecule has 0 unspecified atom stereocenters. The van der Waals surface area contributed by atoms with Crippen LogP contribution in [0.3, 0.4) is 0 Å². The van der Waals surface area contributed by atoms with Gasteiger partial charge in [0, 0.05) is 47.3 Å². The largest absolute Gasteiger partial charge is 0.494 e. The fourth-order valence-corrected chi connectivity index (χ4v) is 6.01. The highest BCUT2D eigenvalue weighted by atomic mass is 32.2. The standard InChI is InChI=1S/C28H25F3N2O3S/c1-36-24-8-6-18(14-21(24)30)27(35)32-12-10-28(11-13-32)17-33(23-5-3-2-4-20(23)28)26(34)16-37-25-9-7-19(29)15-22(25)31/h2-9,14-15H,10-13,16-17H2,1H3. The molecule has 0 radical (unpaired) electrons. The average Bonchev–Trinajstić information content (AvgIpc) is 3.22. The quantitative estimate of drug-likeness (QED) is 0.417. The van der Waals surface area contributed by atoms with Gasteiger partial charge >= 0.3 is 0 Å². The number of carbonyl (C=O) groups is 2. The van der Waals surface area contributed by atoms with Crippen LogP contribution in [0.2, 0.25) is 0 Å². The number of hydrogen-bond donors (Lipinski definition) is 0. The summed E-state index contributed by atoms with van der Waals surface area (Å²) in [5.41, 5.74) is 1.84. The van der Waals surface area contributed by atoms with Crippen molar-refractivity contribution in [2.45, 2.75) is 23.2 Å². The molecular formula is C28H25F3N2O3S. The molecule has 192 valence electrons. The van der Waals surface area contributed by atoms with Crippen molar-refractivity contribution in [1.29, 1.82) is 0 Å². The number of amides is 2. The second-order valence-corrected chi connectivity index (χ2v) is 10.3. The highest BCUT2D eigenvalue weighted by Gasteiger charge is 2.46. The summed E-state index contributed by atoms with van der Waals surface area (Å²) in [4.78, 5) is 29.9. The van der Waals surface area contributed by atoms with Gasteiger partial charge in [0.05, 0.1) is 12.9 Å². The van der Waals surface area contributed by atoms with Gasteiger partial charge in [0.25, 0.3) is 5.91 Å². The van der Waals surface area contributed by atoms with Crippen molar-refractivity contribution in [3.8, 4) is 5.75 Å². The summed E-state index contributed by atoms with van der Waals surface area (Å²) in [5, 5.41) is 0. The van der Waals surface area contributed by atoms with Crippen LogP contribution in [0.5, 0.6) is 5.75 Å². The molecular weight excluding hydrogens is 501 g/mol. The Morgan fingerprint density at radius 2 is 1.73 bits per heavy atom. The minimum atomic E-state index is -0.690. The van der Waals surface area contributed by atoms with E-state index < -0.39 is 17.5 Å². The van der Waals surface area contributed by atoms with E-state index in [0.29, 0.717) is 32.5 Å². The smallest absolute Gasteiger partial charge is 0.253 e. The third-order valence-corrected chi connectivity index (χ3v) is 8.21. The molecule has 1 spiro atoms. The van der Waals surface area contributed by atoms with Gasteiger partial charge < -0.3 is 14.5 Å². The summed E-state index contributed by atoms with van der Waals surface area (Å²) < 4.78 is 46.3. The van der Waals surface area contributed by atoms with Crippen LogP contribution in [-0.4, -0.2) is 49.2 Å². The number of benzene rings is 3. The van der Waals surface area contributed by atoms with Crippen molar-refractivity contribution >= 4 is 29.3 Å². The van der Waals surface area contributed by atoms with Gasteiger partial charge in [-0.1, -0.05) is 18.2 Å².